The summed E-state index contributed by atoms with van der Waals surface area (Å²) in [5.74, 6) is -0.753. The zero-order valence-electron chi connectivity index (χ0n) is 17.0. The summed E-state index contributed by atoms with van der Waals surface area (Å²) in [6.45, 7) is 3.11. The van der Waals surface area contributed by atoms with Crippen LogP contribution in [0, 0.1) is 5.95 Å². The van der Waals surface area contributed by atoms with Gasteiger partial charge in [-0.2, -0.15) is 9.49 Å². The van der Waals surface area contributed by atoms with Crippen molar-refractivity contribution in [1.82, 2.24) is 25.0 Å². The minimum atomic E-state index is -0.584. The molecule has 2 fully saturated rings. The molecular weight excluding hydrogens is 501 g/mol. The second-order valence-corrected chi connectivity index (χ2v) is 9.18. The number of amides is 1. The monoisotopic (exact) mass is 519 g/mol. The minimum Gasteiger partial charge on any atom is -0.369 e. The lowest BCUT2D eigenvalue weighted by Gasteiger charge is -2.46. The Labute approximate surface area is 197 Å². The van der Waals surface area contributed by atoms with Gasteiger partial charge in [0.1, 0.15) is 6.10 Å². The van der Waals surface area contributed by atoms with Gasteiger partial charge in [0.2, 0.25) is 5.95 Å². The Bertz CT molecular complexity index is 1140. The fraction of sp³-hybridized carbons (Fsp3) is 0.318. The number of piperazine rings is 1. The van der Waals surface area contributed by atoms with E-state index in [9.17, 15) is 9.18 Å². The van der Waals surface area contributed by atoms with Crippen LogP contribution in [0.3, 0.4) is 0 Å². The number of aromatic amines is 1. The lowest BCUT2D eigenvalue weighted by atomic mass is 10.0. The second-order valence-electron chi connectivity index (χ2n) is 7.89. The molecule has 7 nitrogen and oxygen atoms in total. The van der Waals surface area contributed by atoms with E-state index < -0.39 is 5.95 Å². The summed E-state index contributed by atoms with van der Waals surface area (Å²) in [7, 11) is 0. The number of benzene rings is 1. The van der Waals surface area contributed by atoms with Gasteiger partial charge in [0.15, 0.2) is 0 Å². The van der Waals surface area contributed by atoms with Crippen molar-refractivity contribution in [2.45, 2.75) is 12.1 Å². The quantitative estimate of drug-likeness (QED) is 0.567. The average Bonchev–Trinajstić information content (AvgIpc) is 3.24. The molecule has 2 atom stereocenters. The summed E-state index contributed by atoms with van der Waals surface area (Å²) in [6, 6.07) is 9.08. The first-order chi connectivity index (χ1) is 15.5. The SMILES string of the molecule is O=C(c1cccc(-c2cn[nH]c2F)c1Cl)N1CCN2CC(c3ccc(Br)cn3)OCC2C1. The molecule has 4 heterocycles. The fourth-order valence-electron chi connectivity index (χ4n) is 4.26. The van der Waals surface area contributed by atoms with Crippen molar-refractivity contribution in [3.05, 3.63) is 69.4 Å². The van der Waals surface area contributed by atoms with Crippen molar-refractivity contribution in [3.63, 3.8) is 0 Å². The van der Waals surface area contributed by atoms with Crippen LogP contribution in [0.25, 0.3) is 11.1 Å². The van der Waals surface area contributed by atoms with Crippen LogP contribution in [-0.2, 0) is 4.74 Å². The molecule has 0 bridgehead atoms. The fourth-order valence-corrected chi connectivity index (χ4v) is 4.80. The Balaban J connectivity index is 1.29. The van der Waals surface area contributed by atoms with Gasteiger partial charge in [-0.15, -0.1) is 0 Å². The van der Waals surface area contributed by atoms with E-state index >= 15 is 0 Å². The third-order valence-corrected chi connectivity index (χ3v) is 6.85. The van der Waals surface area contributed by atoms with Gasteiger partial charge in [0.25, 0.3) is 5.91 Å². The Hall–Kier alpha value is -2.33. The number of aromatic nitrogens is 3. The van der Waals surface area contributed by atoms with Crippen LogP contribution >= 0.6 is 27.5 Å². The second kappa shape index (κ2) is 8.90. The summed E-state index contributed by atoms with van der Waals surface area (Å²) < 4.78 is 21.0. The van der Waals surface area contributed by atoms with Crippen LogP contribution in [-0.4, -0.2) is 69.7 Å². The molecule has 1 N–H and O–H groups in total. The van der Waals surface area contributed by atoms with Crippen LogP contribution in [0.4, 0.5) is 4.39 Å². The number of fused-ring (bicyclic) bond motifs is 1. The number of nitrogens with one attached hydrogen (secondary N) is 1. The van der Waals surface area contributed by atoms with Gasteiger partial charge < -0.3 is 9.64 Å². The molecule has 10 heteroatoms. The third kappa shape index (κ3) is 4.05. The maximum atomic E-state index is 14.0. The number of hydrogen-bond acceptors (Lipinski definition) is 5. The molecule has 3 aromatic rings. The summed E-state index contributed by atoms with van der Waals surface area (Å²) >= 11 is 9.93. The predicted octanol–water partition coefficient (Wildman–Crippen LogP) is 3.92. The largest absolute Gasteiger partial charge is 0.369 e. The highest BCUT2D eigenvalue weighted by atomic mass is 79.9. The number of hydrogen-bond donors (Lipinski definition) is 1. The van der Waals surface area contributed by atoms with E-state index in [1.807, 2.05) is 12.1 Å². The molecule has 166 valence electrons. The Kier molecular flexibility index (Phi) is 5.98. The number of ether oxygens (including phenoxy) is 1. The molecule has 2 aromatic heterocycles. The topological polar surface area (TPSA) is 74.4 Å². The predicted molar refractivity (Wildman–Crippen MR) is 121 cm³/mol. The van der Waals surface area contributed by atoms with E-state index in [1.165, 1.54) is 6.20 Å². The highest BCUT2D eigenvalue weighted by molar-refractivity contribution is 9.10. The van der Waals surface area contributed by atoms with E-state index in [-0.39, 0.29) is 28.6 Å². The van der Waals surface area contributed by atoms with Crippen molar-refractivity contribution < 1.29 is 13.9 Å². The molecule has 0 aliphatic carbocycles. The molecule has 2 unspecified atom stereocenters. The van der Waals surface area contributed by atoms with Crippen LogP contribution in [0.5, 0.6) is 0 Å². The molecule has 0 saturated carbocycles. The van der Waals surface area contributed by atoms with Crippen molar-refractivity contribution in [1.29, 1.82) is 0 Å². The highest BCUT2D eigenvalue weighted by Gasteiger charge is 2.36. The van der Waals surface area contributed by atoms with Gasteiger partial charge >= 0.3 is 0 Å². The van der Waals surface area contributed by atoms with E-state index in [0.29, 0.717) is 30.8 Å². The lowest BCUT2D eigenvalue weighted by molar-refractivity contribution is -0.0872. The summed E-state index contributed by atoms with van der Waals surface area (Å²) in [5.41, 5.74) is 1.93. The molecule has 2 aliphatic rings. The third-order valence-electron chi connectivity index (χ3n) is 5.97. The van der Waals surface area contributed by atoms with Crippen molar-refractivity contribution in [2.24, 2.45) is 0 Å². The zero-order valence-corrected chi connectivity index (χ0v) is 19.3. The van der Waals surface area contributed by atoms with Crippen molar-refractivity contribution >= 4 is 33.4 Å². The summed E-state index contributed by atoms with van der Waals surface area (Å²) in [4.78, 5) is 21.9. The molecule has 2 saturated heterocycles. The number of rotatable bonds is 3. The normalized spacial score (nSPS) is 21.4. The average molecular weight is 521 g/mol. The van der Waals surface area contributed by atoms with Gasteiger partial charge in [-0.1, -0.05) is 23.7 Å². The molecule has 5 rings (SSSR count). The molecule has 1 aromatic carbocycles. The smallest absolute Gasteiger partial charge is 0.255 e. The van der Waals surface area contributed by atoms with Crippen LogP contribution in [0.15, 0.2) is 47.2 Å². The van der Waals surface area contributed by atoms with Gasteiger partial charge in [-0.05, 0) is 34.1 Å². The van der Waals surface area contributed by atoms with Crippen molar-refractivity contribution in [3.8, 4) is 11.1 Å². The number of nitrogens with zero attached hydrogens (tertiary/aromatic N) is 4. The number of carbonyl (C=O) groups excluding carboxylic acids is 1. The first-order valence-corrected chi connectivity index (χ1v) is 11.4. The maximum Gasteiger partial charge on any atom is 0.255 e. The number of morpholine rings is 1. The molecular formula is C22H20BrClFN5O2. The number of carbonyl (C=O) groups is 1. The van der Waals surface area contributed by atoms with E-state index in [1.54, 1.807) is 29.3 Å². The van der Waals surface area contributed by atoms with E-state index in [0.717, 1.165) is 23.3 Å². The molecule has 0 spiro atoms. The molecule has 1 amide bonds. The maximum absolute atomic E-state index is 14.0. The number of halogens is 3. The highest BCUT2D eigenvalue weighted by Crippen LogP contribution is 2.33. The molecule has 32 heavy (non-hydrogen) atoms. The Morgan fingerprint density at radius 3 is 2.81 bits per heavy atom. The van der Waals surface area contributed by atoms with Gasteiger partial charge in [-0.25, -0.2) is 0 Å². The van der Waals surface area contributed by atoms with Gasteiger partial charge in [0, 0.05) is 42.4 Å². The number of H-pyrrole nitrogens is 1. The minimum absolute atomic E-state index is 0.0856. The molecule has 2 aliphatic heterocycles. The van der Waals surface area contributed by atoms with Gasteiger partial charge in [-0.3, -0.25) is 19.8 Å². The van der Waals surface area contributed by atoms with Gasteiger partial charge in [0.05, 0.1) is 40.7 Å². The molecule has 0 radical (unpaired) electrons. The lowest BCUT2D eigenvalue weighted by Crippen LogP contribution is -2.59. The Morgan fingerprint density at radius 1 is 1.19 bits per heavy atom. The van der Waals surface area contributed by atoms with Crippen LogP contribution < -0.4 is 0 Å². The Morgan fingerprint density at radius 2 is 2.06 bits per heavy atom. The van der Waals surface area contributed by atoms with E-state index in [2.05, 4.69) is 36.0 Å². The zero-order chi connectivity index (χ0) is 22.2. The van der Waals surface area contributed by atoms with Crippen molar-refractivity contribution in [2.75, 3.05) is 32.8 Å². The van der Waals surface area contributed by atoms with Crippen LogP contribution in [0.2, 0.25) is 5.02 Å². The number of pyridine rings is 1. The standard InChI is InChI=1S/C22H20BrClFN5O2/c23-13-4-5-18(26-8-13)19-11-29-6-7-30(10-14(29)12-32-19)22(31)16-3-1-2-15(20(16)24)17-9-27-28-21(17)25/h1-5,8-9,14,19H,6-7,10-12H2,(H,27,28). The first kappa shape index (κ1) is 21.5. The summed E-state index contributed by atoms with van der Waals surface area (Å²) in [5, 5.41) is 6.18. The first-order valence-electron chi connectivity index (χ1n) is 10.3. The van der Waals surface area contributed by atoms with E-state index in [4.69, 9.17) is 16.3 Å². The summed E-state index contributed by atoms with van der Waals surface area (Å²) in [6.07, 6.45) is 3.05. The van der Waals surface area contributed by atoms with Crippen LogP contribution in [0.1, 0.15) is 22.2 Å².